The predicted molar refractivity (Wildman–Crippen MR) is 76.8 cm³/mol. The van der Waals surface area contributed by atoms with Crippen LogP contribution in [0.25, 0.3) is 0 Å². The Morgan fingerprint density at radius 3 is 2.50 bits per heavy atom. The Balaban J connectivity index is 1.99. The highest BCUT2D eigenvalue weighted by molar-refractivity contribution is 6.30. The second kappa shape index (κ2) is 5.60. The number of nitrogens with zero attached hydrogens (tertiary/aromatic N) is 1. The number of alkyl halides is 1. The number of likely N-dealkylation sites (tertiary alicyclic amines) is 1. The Morgan fingerprint density at radius 2 is 2.00 bits per heavy atom. The molecule has 0 saturated carbocycles. The van der Waals surface area contributed by atoms with E-state index in [4.69, 9.17) is 16.3 Å². The molecule has 0 radical (unpaired) electrons. The van der Waals surface area contributed by atoms with Gasteiger partial charge in [0.1, 0.15) is 11.8 Å². The molecule has 1 amide bonds. The fourth-order valence-electron chi connectivity index (χ4n) is 2.13. The van der Waals surface area contributed by atoms with Gasteiger partial charge in [0, 0.05) is 5.02 Å². The summed E-state index contributed by atoms with van der Waals surface area (Å²) in [5, 5.41) is 0.642. The first kappa shape index (κ1) is 15.1. The normalized spacial score (nSPS) is 22.4. The highest BCUT2D eigenvalue weighted by Gasteiger charge is 2.43. The maximum Gasteiger partial charge on any atom is 0.410 e. The number of hydrogen-bond acceptors (Lipinski definition) is 2. The van der Waals surface area contributed by atoms with Gasteiger partial charge in [-0.2, -0.15) is 0 Å². The summed E-state index contributed by atoms with van der Waals surface area (Å²) in [5.41, 5.74) is 0.388. The summed E-state index contributed by atoms with van der Waals surface area (Å²) in [6.45, 7) is 5.50. The summed E-state index contributed by atoms with van der Waals surface area (Å²) in [4.78, 5) is 13.4. The third kappa shape index (κ3) is 3.63. The Hall–Kier alpha value is -1.29. The quantitative estimate of drug-likeness (QED) is 0.830. The molecular formula is C15H19ClFNO2. The van der Waals surface area contributed by atoms with E-state index in [0.717, 1.165) is 5.56 Å². The molecule has 1 heterocycles. The molecule has 1 aromatic carbocycles. The molecule has 0 aromatic heterocycles. The summed E-state index contributed by atoms with van der Waals surface area (Å²) < 4.78 is 19.0. The fraction of sp³-hybridized carbons (Fsp3) is 0.533. The first-order valence-corrected chi connectivity index (χ1v) is 7.02. The Morgan fingerprint density at radius 1 is 1.40 bits per heavy atom. The van der Waals surface area contributed by atoms with Crippen LogP contribution in [0.1, 0.15) is 26.3 Å². The zero-order valence-corrected chi connectivity index (χ0v) is 12.7. The van der Waals surface area contributed by atoms with Crippen molar-refractivity contribution in [1.29, 1.82) is 0 Å². The van der Waals surface area contributed by atoms with E-state index in [1.54, 1.807) is 32.9 Å². The zero-order valence-electron chi connectivity index (χ0n) is 11.9. The van der Waals surface area contributed by atoms with Crippen LogP contribution in [-0.4, -0.2) is 35.4 Å². The van der Waals surface area contributed by atoms with Crippen molar-refractivity contribution in [3.8, 4) is 0 Å². The van der Waals surface area contributed by atoms with Crippen molar-refractivity contribution < 1.29 is 13.9 Å². The lowest BCUT2D eigenvalue weighted by molar-refractivity contribution is -0.0398. The second-order valence-electron chi connectivity index (χ2n) is 6.05. The zero-order chi connectivity index (χ0) is 14.9. The summed E-state index contributed by atoms with van der Waals surface area (Å²) in [5.74, 6) is 0. The van der Waals surface area contributed by atoms with Gasteiger partial charge < -0.3 is 4.74 Å². The summed E-state index contributed by atoms with van der Waals surface area (Å²) in [7, 11) is 0. The van der Waals surface area contributed by atoms with Crippen LogP contribution in [0, 0.1) is 0 Å². The van der Waals surface area contributed by atoms with Gasteiger partial charge in [-0.15, -0.1) is 0 Å². The molecule has 2 rings (SSSR count). The van der Waals surface area contributed by atoms with Gasteiger partial charge in [0.25, 0.3) is 0 Å². The Kier molecular flexibility index (Phi) is 4.23. The van der Waals surface area contributed by atoms with Gasteiger partial charge in [-0.25, -0.2) is 9.18 Å². The first-order chi connectivity index (χ1) is 9.26. The molecule has 20 heavy (non-hydrogen) atoms. The lowest BCUT2D eigenvalue weighted by Crippen LogP contribution is -2.62. The lowest BCUT2D eigenvalue weighted by Gasteiger charge is -2.44. The topological polar surface area (TPSA) is 29.5 Å². The number of hydrogen-bond donors (Lipinski definition) is 0. The van der Waals surface area contributed by atoms with Crippen molar-refractivity contribution in [2.45, 2.75) is 45.0 Å². The number of benzene rings is 1. The maximum absolute atomic E-state index is 13.7. The first-order valence-electron chi connectivity index (χ1n) is 6.64. The molecule has 3 nitrogen and oxygen atoms in total. The molecule has 1 aliphatic heterocycles. The van der Waals surface area contributed by atoms with E-state index in [2.05, 4.69) is 0 Å². The number of rotatable bonds is 2. The highest BCUT2D eigenvalue weighted by Crippen LogP contribution is 2.27. The van der Waals surface area contributed by atoms with Crippen molar-refractivity contribution in [3.05, 3.63) is 34.9 Å². The van der Waals surface area contributed by atoms with E-state index >= 15 is 0 Å². The van der Waals surface area contributed by atoms with Crippen LogP contribution in [0.15, 0.2) is 24.3 Å². The molecule has 5 heteroatoms. The summed E-state index contributed by atoms with van der Waals surface area (Å²) in [6.07, 6.45) is -0.985. The van der Waals surface area contributed by atoms with Crippen molar-refractivity contribution in [2.24, 2.45) is 0 Å². The van der Waals surface area contributed by atoms with Crippen molar-refractivity contribution in [2.75, 3.05) is 6.54 Å². The summed E-state index contributed by atoms with van der Waals surface area (Å²) in [6, 6.07) is 6.77. The Labute approximate surface area is 123 Å². The SMILES string of the molecule is CC(C)(C)OC(=O)N1CC(F)C1Cc1ccc(Cl)cc1. The van der Waals surface area contributed by atoms with Crippen LogP contribution in [-0.2, 0) is 11.2 Å². The van der Waals surface area contributed by atoms with Crippen LogP contribution >= 0.6 is 11.6 Å². The lowest BCUT2D eigenvalue weighted by atomic mass is 9.94. The fourth-order valence-corrected chi connectivity index (χ4v) is 2.26. The van der Waals surface area contributed by atoms with Crippen LogP contribution in [0.3, 0.4) is 0 Å². The van der Waals surface area contributed by atoms with Gasteiger partial charge in [-0.05, 0) is 44.9 Å². The molecule has 110 valence electrons. The van der Waals surface area contributed by atoms with Crippen LogP contribution in [0.5, 0.6) is 0 Å². The van der Waals surface area contributed by atoms with E-state index < -0.39 is 23.9 Å². The number of amides is 1. The largest absolute Gasteiger partial charge is 0.444 e. The molecule has 0 bridgehead atoms. The predicted octanol–water partition coefficient (Wildman–Crippen LogP) is 3.84. The van der Waals surface area contributed by atoms with Gasteiger partial charge in [-0.1, -0.05) is 23.7 Å². The number of carbonyl (C=O) groups excluding carboxylic acids is 1. The molecule has 0 spiro atoms. The van der Waals surface area contributed by atoms with Gasteiger partial charge in [0.15, 0.2) is 0 Å². The molecule has 1 aliphatic rings. The van der Waals surface area contributed by atoms with E-state index in [0.29, 0.717) is 11.4 Å². The van der Waals surface area contributed by atoms with E-state index in [-0.39, 0.29) is 6.54 Å². The minimum atomic E-state index is -1.00. The van der Waals surface area contributed by atoms with Crippen LogP contribution < -0.4 is 0 Å². The van der Waals surface area contributed by atoms with Gasteiger partial charge in [0.05, 0.1) is 12.6 Å². The molecule has 1 saturated heterocycles. The van der Waals surface area contributed by atoms with Gasteiger partial charge >= 0.3 is 6.09 Å². The Bertz CT molecular complexity index is 484. The third-order valence-corrected chi connectivity index (χ3v) is 3.43. The molecule has 2 unspecified atom stereocenters. The van der Waals surface area contributed by atoms with Gasteiger partial charge in [0.2, 0.25) is 0 Å². The second-order valence-corrected chi connectivity index (χ2v) is 6.48. The van der Waals surface area contributed by atoms with E-state index in [9.17, 15) is 9.18 Å². The van der Waals surface area contributed by atoms with Crippen LogP contribution in [0.4, 0.5) is 9.18 Å². The smallest absolute Gasteiger partial charge is 0.410 e. The average molecular weight is 300 g/mol. The van der Waals surface area contributed by atoms with Crippen molar-refractivity contribution in [3.63, 3.8) is 0 Å². The minimum absolute atomic E-state index is 0.104. The maximum atomic E-state index is 13.7. The van der Waals surface area contributed by atoms with Crippen molar-refractivity contribution >= 4 is 17.7 Å². The number of halogens is 2. The molecule has 1 fully saturated rings. The molecular weight excluding hydrogens is 281 g/mol. The molecule has 0 N–H and O–H groups in total. The van der Waals surface area contributed by atoms with Crippen LogP contribution in [0.2, 0.25) is 5.02 Å². The van der Waals surface area contributed by atoms with E-state index in [1.807, 2.05) is 12.1 Å². The highest BCUT2D eigenvalue weighted by atomic mass is 35.5. The van der Waals surface area contributed by atoms with Crippen molar-refractivity contribution in [1.82, 2.24) is 4.90 Å². The van der Waals surface area contributed by atoms with E-state index in [1.165, 1.54) is 4.90 Å². The molecule has 1 aromatic rings. The summed E-state index contributed by atoms with van der Waals surface area (Å²) >= 11 is 5.82. The third-order valence-electron chi connectivity index (χ3n) is 3.18. The minimum Gasteiger partial charge on any atom is -0.444 e. The van der Waals surface area contributed by atoms with Gasteiger partial charge in [-0.3, -0.25) is 4.90 Å². The molecule has 2 atom stereocenters. The molecule has 0 aliphatic carbocycles. The monoisotopic (exact) mass is 299 g/mol. The number of ether oxygens (including phenoxy) is 1. The standard InChI is InChI=1S/C15H19ClFNO2/c1-15(2,3)20-14(19)18-9-12(17)13(18)8-10-4-6-11(16)7-5-10/h4-7,12-13H,8-9H2,1-3H3. The average Bonchev–Trinajstić information content (AvgIpc) is 2.32. The number of carbonyl (C=O) groups is 1.